The fourth-order valence-corrected chi connectivity index (χ4v) is 1.91. The molecule has 1 aromatic carbocycles. The van der Waals surface area contributed by atoms with Crippen molar-refractivity contribution in [2.75, 3.05) is 0 Å². The van der Waals surface area contributed by atoms with Gasteiger partial charge in [-0.25, -0.2) is 22.3 Å². The molecule has 18 heavy (non-hydrogen) atoms. The van der Waals surface area contributed by atoms with Gasteiger partial charge in [0.1, 0.15) is 16.3 Å². The smallest absolute Gasteiger partial charge is 0.257 e. The molecule has 0 aliphatic heterocycles. The molecule has 8 heteroatoms. The second-order valence-corrected chi connectivity index (χ2v) is 5.44. The third-order valence-corrected chi connectivity index (χ3v) is 2.94. The van der Waals surface area contributed by atoms with E-state index in [2.05, 4.69) is 5.32 Å². The molecule has 0 radical (unpaired) electrons. The lowest BCUT2D eigenvalue weighted by Crippen LogP contribution is -2.32. The normalized spacial score (nSPS) is 11.7. The van der Waals surface area contributed by atoms with Gasteiger partial charge in [0.15, 0.2) is 5.82 Å². The molecular formula is C10H12F2N2O3S. The van der Waals surface area contributed by atoms with E-state index in [4.69, 9.17) is 5.14 Å². The van der Waals surface area contributed by atoms with E-state index in [0.29, 0.717) is 12.1 Å². The molecule has 3 N–H and O–H groups in total. The molecule has 0 aliphatic rings. The molecule has 0 unspecified atom stereocenters. The van der Waals surface area contributed by atoms with Crippen molar-refractivity contribution in [2.24, 2.45) is 5.14 Å². The van der Waals surface area contributed by atoms with Gasteiger partial charge in [-0.3, -0.25) is 4.79 Å². The first-order chi connectivity index (χ1) is 8.14. The summed E-state index contributed by atoms with van der Waals surface area (Å²) in [5.41, 5.74) is -0.963. The Morgan fingerprint density at radius 2 is 1.89 bits per heavy atom. The predicted molar refractivity (Wildman–Crippen MR) is 60.3 cm³/mol. The number of hydrogen-bond donors (Lipinski definition) is 2. The highest BCUT2D eigenvalue weighted by Gasteiger charge is 2.25. The van der Waals surface area contributed by atoms with Crippen LogP contribution >= 0.6 is 0 Å². The summed E-state index contributed by atoms with van der Waals surface area (Å²) in [4.78, 5) is 10.6. The van der Waals surface area contributed by atoms with Gasteiger partial charge in [0.25, 0.3) is 5.91 Å². The Kier molecular flexibility index (Phi) is 4.02. The van der Waals surface area contributed by atoms with Gasteiger partial charge in [0, 0.05) is 6.04 Å². The molecule has 0 atom stereocenters. The Balaban J connectivity index is 3.41. The van der Waals surface area contributed by atoms with Crippen LogP contribution in [0.4, 0.5) is 8.78 Å². The Bertz CT molecular complexity index is 585. The minimum atomic E-state index is -4.36. The van der Waals surface area contributed by atoms with Crippen molar-refractivity contribution in [1.82, 2.24) is 5.32 Å². The average molecular weight is 278 g/mol. The Labute approximate surface area is 103 Å². The SMILES string of the molecule is CC(C)NC(=O)c1c(F)ccc(S(N)(=O)=O)c1F. The summed E-state index contributed by atoms with van der Waals surface area (Å²) in [6, 6.07) is 0.999. The van der Waals surface area contributed by atoms with E-state index >= 15 is 0 Å². The molecule has 1 aromatic rings. The van der Waals surface area contributed by atoms with Crippen molar-refractivity contribution in [3.63, 3.8) is 0 Å². The summed E-state index contributed by atoms with van der Waals surface area (Å²) in [7, 11) is -4.36. The first kappa shape index (κ1) is 14.5. The van der Waals surface area contributed by atoms with Crippen LogP contribution < -0.4 is 10.5 Å². The van der Waals surface area contributed by atoms with Gasteiger partial charge in [0.2, 0.25) is 10.0 Å². The maximum Gasteiger partial charge on any atom is 0.257 e. The number of nitrogens with one attached hydrogen (secondary N) is 1. The molecule has 1 amide bonds. The number of carbonyl (C=O) groups is 1. The van der Waals surface area contributed by atoms with E-state index in [1.807, 2.05) is 0 Å². The molecule has 5 nitrogen and oxygen atoms in total. The molecule has 0 heterocycles. The van der Waals surface area contributed by atoms with E-state index in [1.165, 1.54) is 0 Å². The van der Waals surface area contributed by atoms with E-state index < -0.39 is 38.0 Å². The van der Waals surface area contributed by atoms with Crippen LogP contribution in [0.15, 0.2) is 17.0 Å². The van der Waals surface area contributed by atoms with Crippen LogP contribution in [0, 0.1) is 11.6 Å². The van der Waals surface area contributed by atoms with Gasteiger partial charge >= 0.3 is 0 Å². The van der Waals surface area contributed by atoms with Gasteiger partial charge in [-0.1, -0.05) is 0 Å². The van der Waals surface area contributed by atoms with E-state index in [1.54, 1.807) is 13.8 Å². The molecule has 0 fully saturated rings. The third-order valence-electron chi connectivity index (χ3n) is 2.01. The topological polar surface area (TPSA) is 89.3 Å². The van der Waals surface area contributed by atoms with Crippen LogP contribution in [0.3, 0.4) is 0 Å². The zero-order valence-electron chi connectivity index (χ0n) is 9.70. The lowest BCUT2D eigenvalue weighted by atomic mass is 10.1. The third kappa shape index (κ3) is 3.02. The standard InChI is InChI=1S/C10H12F2N2O3S/c1-5(2)14-10(15)8-6(11)3-4-7(9(8)12)18(13,16)17/h3-5H,1-2H3,(H,14,15)(H2,13,16,17). The number of rotatable bonds is 3. The van der Waals surface area contributed by atoms with Crippen molar-refractivity contribution in [3.8, 4) is 0 Å². The summed E-state index contributed by atoms with van der Waals surface area (Å²) in [5.74, 6) is -3.68. The van der Waals surface area contributed by atoms with E-state index in [0.717, 1.165) is 0 Å². The van der Waals surface area contributed by atoms with Gasteiger partial charge < -0.3 is 5.32 Å². The van der Waals surface area contributed by atoms with Gasteiger partial charge in [-0.05, 0) is 26.0 Å². The molecule has 100 valence electrons. The number of carbonyl (C=O) groups excluding carboxylic acids is 1. The Morgan fingerprint density at radius 3 is 2.33 bits per heavy atom. The van der Waals surface area contributed by atoms with Crippen molar-refractivity contribution >= 4 is 15.9 Å². The summed E-state index contributed by atoms with van der Waals surface area (Å²) in [6.07, 6.45) is 0. The van der Waals surface area contributed by atoms with Gasteiger partial charge in [-0.2, -0.15) is 0 Å². The van der Waals surface area contributed by atoms with Crippen molar-refractivity contribution in [2.45, 2.75) is 24.8 Å². The van der Waals surface area contributed by atoms with Crippen molar-refractivity contribution in [1.29, 1.82) is 0 Å². The molecule has 0 aliphatic carbocycles. The highest BCUT2D eigenvalue weighted by atomic mass is 32.2. The minimum absolute atomic E-state index is 0.352. The van der Waals surface area contributed by atoms with Crippen LogP contribution in [-0.2, 0) is 10.0 Å². The number of nitrogens with two attached hydrogens (primary N) is 1. The summed E-state index contributed by atoms with van der Waals surface area (Å²) in [5, 5.41) is 7.02. The first-order valence-electron chi connectivity index (χ1n) is 4.96. The van der Waals surface area contributed by atoms with Crippen LogP contribution in [0.25, 0.3) is 0 Å². The van der Waals surface area contributed by atoms with Crippen LogP contribution in [0.5, 0.6) is 0 Å². The predicted octanol–water partition coefficient (Wildman–Crippen LogP) is 0.750. The fourth-order valence-electron chi connectivity index (χ4n) is 1.30. The maximum absolute atomic E-state index is 13.8. The number of primary sulfonamides is 1. The van der Waals surface area contributed by atoms with Crippen molar-refractivity contribution < 1.29 is 22.0 Å². The molecule has 0 bridgehead atoms. The molecule has 0 saturated carbocycles. The quantitative estimate of drug-likeness (QED) is 0.855. The summed E-state index contributed by atoms with van der Waals surface area (Å²) < 4.78 is 49.2. The number of amides is 1. The largest absolute Gasteiger partial charge is 0.350 e. The highest BCUT2D eigenvalue weighted by Crippen LogP contribution is 2.20. The number of benzene rings is 1. The minimum Gasteiger partial charge on any atom is -0.350 e. The second kappa shape index (κ2) is 4.99. The second-order valence-electron chi connectivity index (χ2n) is 3.91. The Morgan fingerprint density at radius 1 is 1.33 bits per heavy atom. The van der Waals surface area contributed by atoms with Crippen molar-refractivity contribution in [3.05, 3.63) is 29.3 Å². The van der Waals surface area contributed by atoms with Gasteiger partial charge in [-0.15, -0.1) is 0 Å². The molecular weight excluding hydrogens is 266 g/mol. The molecule has 1 rings (SSSR count). The lowest BCUT2D eigenvalue weighted by molar-refractivity contribution is 0.0934. The molecule has 0 aromatic heterocycles. The van der Waals surface area contributed by atoms with Crippen LogP contribution in [-0.4, -0.2) is 20.4 Å². The van der Waals surface area contributed by atoms with Crippen LogP contribution in [0.2, 0.25) is 0 Å². The highest BCUT2D eigenvalue weighted by molar-refractivity contribution is 7.89. The van der Waals surface area contributed by atoms with E-state index in [-0.39, 0.29) is 6.04 Å². The fraction of sp³-hybridized carbons (Fsp3) is 0.300. The van der Waals surface area contributed by atoms with Gasteiger partial charge in [0.05, 0.1) is 0 Å². The first-order valence-corrected chi connectivity index (χ1v) is 6.51. The summed E-state index contributed by atoms with van der Waals surface area (Å²) >= 11 is 0. The Hall–Kier alpha value is -1.54. The number of hydrogen-bond acceptors (Lipinski definition) is 3. The summed E-state index contributed by atoms with van der Waals surface area (Å²) in [6.45, 7) is 3.19. The number of sulfonamides is 1. The number of halogens is 2. The van der Waals surface area contributed by atoms with E-state index in [9.17, 15) is 22.0 Å². The van der Waals surface area contributed by atoms with Crippen LogP contribution in [0.1, 0.15) is 24.2 Å². The lowest BCUT2D eigenvalue weighted by Gasteiger charge is -2.11. The average Bonchev–Trinajstić information content (AvgIpc) is 2.13. The monoisotopic (exact) mass is 278 g/mol. The molecule has 0 spiro atoms. The molecule has 0 saturated heterocycles. The maximum atomic E-state index is 13.8. The zero-order chi connectivity index (χ0) is 14.1. The zero-order valence-corrected chi connectivity index (χ0v) is 10.5.